The lowest BCUT2D eigenvalue weighted by Crippen LogP contribution is -2.30. The number of Topliss-reactive ketones (excluding diaryl/α,β-unsaturated/α-hetero) is 1. The van der Waals surface area contributed by atoms with Crippen LogP contribution in [0, 0.1) is 17.8 Å². The average molecular weight is 183 g/mol. The third-order valence-corrected chi connectivity index (χ3v) is 3.18. The van der Waals surface area contributed by atoms with Crippen molar-refractivity contribution in [3.63, 3.8) is 0 Å². The van der Waals surface area contributed by atoms with Crippen molar-refractivity contribution in [2.75, 3.05) is 13.1 Å². The van der Waals surface area contributed by atoms with Crippen LogP contribution >= 0.6 is 0 Å². The van der Waals surface area contributed by atoms with Gasteiger partial charge in [-0.3, -0.25) is 4.79 Å². The third-order valence-electron chi connectivity index (χ3n) is 3.18. The SMILES string of the molecule is CCC(=O)[C@@H]1C2CN(C(=O)O)C[C@@H]21. The third kappa shape index (κ3) is 1.20. The Bertz CT molecular complexity index is 252. The molecule has 72 valence electrons. The highest BCUT2D eigenvalue weighted by atomic mass is 16.4. The molecule has 0 aromatic rings. The fourth-order valence-corrected chi connectivity index (χ4v) is 2.40. The maximum atomic E-state index is 11.3. The molecule has 1 heterocycles. The summed E-state index contributed by atoms with van der Waals surface area (Å²) < 4.78 is 0. The van der Waals surface area contributed by atoms with Crippen LogP contribution in [0.3, 0.4) is 0 Å². The first kappa shape index (κ1) is 8.53. The van der Waals surface area contributed by atoms with Gasteiger partial charge < -0.3 is 10.0 Å². The summed E-state index contributed by atoms with van der Waals surface area (Å²) in [5.74, 6) is 1.16. The lowest BCUT2D eigenvalue weighted by Gasteiger charge is -2.14. The molecule has 0 spiro atoms. The predicted molar refractivity (Wildman–Crippen MR) is 45.4 cm³/mol. The minimum atomic E-state index is -0.852. The predicted octanol–water partition coefficient (Wildman–Crippen LogP) is 0.821. The normalized spacial score (nSPS) is 35.8. The molecule has 1 aliphatic heterocycles. The Balaban J connectivity index is 1.90. The number of piperidine rings is 1. The van der Waals surface area contributed by atoms with Gasteiger partial charge in [0, 0.05) is 25.4 Å². The Kier molecular flexibility index (Phi) is 1.78. The summed E-state index contributed by atoms with van der Waals surface area (Å²) in [5.41, 5.74) is 0. The van der Waals surface area contributed by atoms with Crippen LogP contribution in [-0.4, -0.2) is 35.0 Å². The average Bonchev–Trinajstić information content (AvgIpc) is 2.58. The largest absolute Gasteiger partial charge is 0.465 e. The summed E-state index contributed by atoms with van der Waals surface area (Å²) in [5, 5.41) is 8.67. The molecular weight excluding hydrogens is 170 g/mol. The van der Waals surface area contributed by atoms with E-state index in [1.165, 1.54) is 4.90 Å². The standard InChI is InChI=1S/C9H13NO3/c1-2-7(11)8-5-3-10(9(12)13)4-6(5)8/h5-6,8H,2-4H2,1H3,(H,12,13)/t5-,6?,8-/m0/s1. The Morgan fingerprint density at radius 1 is 1.38 bits per heavy atom. The van der Waals surface area contributed by atoms with Crippen LogP contribution in [0.2, 0.25) is 0 Å². The summed E-state index contributed by atoms with van der Waals surface area (Å²) in [4.78, 5) is 23.3. The minimum absolute atomic E-state index is 0.181. The van der Waals surface area contributed by atoms with Crippen molar-refractivity contribution in [2.24, 2.45) is 17.8 Å². The number of hydrogen-bond donors (Lipinski definition) is 1. The van der Waals surface area contributed by atoms with Crippen LogP contribution in [0.5, 0.6) is 0 Å². The zero-order valence-electron chi connectivity index (χ0n) is 7.56. The first-order chi connectivity index (χ1) is 6.15. The van der Waals surface area contributed by atoms with Crippen LogP contribution in [0.1, 0.15) is 13.3 Å². The Morgan fingerprint density at radius 3 is 2.31 bits per heavy atom. The van der Waals surface area contributed by atoms with Gasteiger partial charge in [-0.15, -0.1) is 0 Å². The Morgan fingerprint density at radius 2 is 1.92 bits per heavy atom. The van der Waals surface area contributed by atoms with Crippen molar-refractivity contribution < 1.29 is 14.7 Å². The maximum Gasteiger partial charge on any atom is 0.407 e. The molecule has 1 N–H and O–H groups in total. The van der Waals surface area contributed by atoms with Crippen molar-refractivity contribution in [1.82, 2.24) is 4.90 Å². The van der Waals surface area contributed by atoms with Gasteiger partial charge in [-0.2, -0.15) is 0 Å². The van der Waals surface area contributed by atoms with Crippen LogP contribution in [0.25, 0.3) is 0 Å². The van der Waals surface area contributed by atoms with E-state index in [-0.39, 0.29) is 5.92 Å². The fourth-order valence-electron chi connectivity index (χ4n) is 2.40. The van der Waals surface area contributed by atoms with Gasteiger partial charge in [0.15, 0.2) is 0 Å². The molecule has 2 aliphatic rings. The molecule has 3 atom stereocenters. The summed E-state index contributed by atoms with van der Waals surface area (Å²) in [6, 6.07) is 0. The number of carbonyl (C=O) groups is 2. The smallest absolute Gasteiger partial charge is 0.407 e. The van der Waals surface area contributed by atoms with Crippen molar-refractivity contribution in [1.29, 1.82) is 0 Å². The monoisotopic (exact) mass is 183 g/mol. The number of nitrogens with zero attached hydrogens (tertiary/aromatic N) is 1. The van der Waals surface area contributed by atoms with Crippen LogP contribution in [0.4, 0.5) is 4.79 Å². The number of likely N-dealkylation sites (tertiary alicyclic amines) is 1. The molecule has 1 unspecified atom stereocenters. The molecule has 1 saturated carbocycles. The highest BCUT2D eigenvalue weighted by molar-refractivity contribution is 5.84. The van der Waals surface area contributed by atoms with Gasteiger partial charge in [-0.05, 0) is 11.8 Å². The lowest BCUT2D eigenvalue weighted by atomic mass is 10.1. The van der Waals surface area contributed by atoms with E-state index in [9.17, 15) is 9.59 Å². The fraction of sp³-hybridized carbons (Fsp3) is 0.778. The number of carboxylic acid groups (broad SMARTS) is 1. The molecule has 13 heavy (non-hydrogen) atoms. The van der Waals surface area contributed by atoms with Crippen molar-refractivity contribution in [3.05, 3.63) is 0 Å². The number of rotatable bonds is 2. The summed E-state index contributed by atoms with van der Waals surface area (Å²) in [6.07, 6.45) is -0.264. The van der Waals surface area contributed by atoms with Gasteiger partial charge in [-0.25, -0.2) is 4.79 Å². The molecule has 0 radical (unpaired) electrons. The maximum absolute atomic E-state index is 11.3. The van der Waals surface area contributed by atoms with E-state index in [2.05, 4.69) is 0 Å². The van der Waals surface area contributed by atoms with E-state index in [0.29, 0.717) is 37.1 Å². The second kappa shape index (κ2) is 2.72. The summed E-state index contributed by atoms with van der Waals surface area (Å²) in [7, 11) is 0. The molecule has 1 aliphatic carbocycles. The number of ketones is 1. The van der Waals surface area contributed by atoms with Crippen molar-refractivity contribution >= 4 is 11.9 Å². The quantitative estimate of drug-likeness (QED) is 0.689. The van der Waals surface area contributed by atoms with Gasteiger partial charge in [0.2, 0.25) is 0 Å². The zero-order chi connectivity index (χ0) is 9.59. The van der Waals surface area contributed by atoms with Crippen LogP contribution < -0.4 is 0 Å². The molecule has 0 aromatic carbocycles. The van der Waals surface area contributed by atoms with Gasteiger partial charge in [0.1, 0.15) is 5.78 Å². The highest BCUT2D eigenvalue weighted by Gasteiger charge is 2.59. The molecular formula is C9H13NO3. The second-order valence-corrected chi connectivity index (χ2v) is 3.86. The van der Waals surface area contributed by atoms with Crippen molar-refractivity contribution in [2.45, 2.75) is 13.3 Å². The topological polar surface area (TPSA) is 57.6 Å². The van der Waals surface area contributed by atoms with Crippen molar-refractivity contribution in [3.8, 4) is 0 Å². The molecule has 4 nitrogen and oxygen atoms in total. The number of hydrogen-bond acceptors (Lipinski definition) is 2. The lowest BCUT2D eigenvalue weighted by molar-refractivity contribution is -0.120. The van der Waals surface area contributed by atoms with E-state index >= 15 is 0 Å². The number of fused-ring (bicyclic) bond motifs is 1. The zero-order valence-corrected chi connectivity index (χ0v) is 7.56. The molecule has 2 rings (SSSR count). The molecule has 1 saturated heterocycles. The van der Waals surface area contributed by atoms with Gasteiger partial charge in [0.05, 0.1) is 0 Å². The second-order valence-electron chi connectivity index (χ2n) is 3.86. The molecule has 0 bridgehead atoms. The minimum Gasteiger partial charge on any atom is -0.465 e. The Labute approximate surface area is 76.5 Å². The summed E-state index contributed by atoms with van der Waals surface area (Å²) in [6.45, 7) is 3.00. The number of amides is 1. The van der Waals surface area contributed by atoms with E-state index in [1.54, 1.807) is 0 Å². The molecule has 0 aromatic heterocycles. The highest BCUT2D eigenvalue weighted by Crippen LogP contribution is 2.52. The van der Waals surface area contributed by atoms with Crippen LogP contribution in [0.15, 0.2) is 0 Å². The van der Waals surface area contributed by atoms with E-state index in [1.807, 2.05) is 6.92 Å². The first-order valence-electron chi connectivity index (χ1n) is 4.65. The molecule has 2 fully saturated rings. The van der Waals surface area contributed by atoms with Gasteiger partial charge >= 0.3 is 6.09 Å². The van der Waals surface area contributed by atoms with E-state index in [0.717, 1.165) is 0 Å². The number of carbonyl (C=O) groups excluding carboxylic acids is 1. The van der Waals surface area contributed by atoms with E-state index < -0.39 is 6.09 Å². The van der Waals surface area contributed by atoms with Gasteiger partial charge in [0.25, 0.3) is 0 Å². The molecule has 4 heteroatoms. The molecule has 1 amide bonds. The van der Waals surface area contributed by atoms with Crippen LogP contribution in [-0.2, 0) is 4.79 Å². The van der Waals surface area contributed by atoms with E-state index in [4.69, 9.17) is 5.11 Å². The first-order valence-corrected chi connectivity index (χ1v) is 4.65. The summed E-state index contributed by atoms with van der Waals surface area (Å²) >= 11 is 0. The Hall–Kier alpha value is -1.06. The van der Waals surface area contributed by atoms with Gasteiger partial charge in [-0.1, -0.05) is 6.92 Å².